The molecule has 1 aliphatic rings. The molecule has 130 valence electrons. The van der Waals surface area contributed by atoms with Gasteiger partial charge in [-0.05, 0) is 12.1 Å². The second-order valence-corrected chi connectivity index (χ2v) is 5.64. The molecule has 0 bridgehead atoms. The number of nitrogens with zero attached hydrogens (tertiary/aromatic N) is 3. The van der Waals surface area contributed by atoms with Gasteiger partial charge in [0.2, 0.25) is 0 Å². The van der Waals surface area contributed by atoms with E-state index in [1.54, 1.807) is 6.07 Å². The first-order valence-electron chi connectivity index (χ1n) is 7.49. The number of carboxylic acid groups (broad SMARTS) is 1. The highest BCUT2D eigenvalue weighted by molar-refractivity contribution is 5.94. The number of nitrogens with one attached hydrogen (secondary N) is 1. The van der Waals surface area contributed by atoms with Crippen molar-refractivity contribution < 1.29 is 24.2 Å². The maximum atomic E-state index is 13.2. The summed E-state index contributed by atoms with van der Waals surface area (Å²) in [5.41, 5.74) is 0.636. The number of hydrogen-bond acceptors (Lipinski definition) is 5. The molecule has 2 atom stereocenters. The van der Waals surface area contributed by atoms with Gasteiger partial charge in [-0.1, -0.05) is 12.1 Å². The van der Waals surface area contributed by atoms with Crippen LogP contribution in [0.15, 0.2) is 36.7 Å². The van der Waals surface area contributed by atoms with Gasteiger partial charge in [0, 0.05) is 24.5 Å². The minimum absolute atomic E-state index is 0.00444. The number of hydrogen-bond donors (Lipinski definition) is 3. The van der Waals surface area contributed by atoms with Gasteiger partial charge in [0.25, 0.3) is 5.91 Å². The molecule has 2 amide bonds. The quantitative estimate of drug-likeness (QED) is 0.755. The van der Waals surface area contributed by atoms with Crippen molar-refractivity contribution in [2.24, 2.45) is 0 Å². The molecule has 2 heterocycles. The molecule has 8 nitrogen and oxygen atoms in total. The van der Waals surface area contributed by atoms with Crippen molar-refractivity contribution in [1.29, 1.82) is 0 Å². The van der Waals surface area contributed by atoms with Gasteiger partial charge in [0.05, 0.1) is 24.3 Å². The maximum Gasteiger partial charge on any atom is 0.407 e. The number of halogens is 1. The molecule has 9 heteroatoms. The summed E-state index contributed by atoms with van der Waals surface area (Å²) in [5, 5.41) is 21.3. The second kappa shape index (κ2) is 6.81. The predicted octanol–water partition coefficient (Wildman–Crippen LogP) is 0.736. The van der Waals surface area contributed by atoms with Crippen LogP contribution in [-0.4, -0.2) is 62.3 Å². The van der Waals surface area contributed by atoms with Gasteiger partial charge >= 0.3 is 6.09 Å². The average molecular weight is 346 g/mol. The van der Waals surface area contributed by atoms with Gasteiger partial charge in [-0.25, -0.2) is 19.2 Å². The Morgan fingerprint density at radius 2 is 1.96 bits per heavy atom. The summed E-state index contributed by atoms with van der Waals surface area (Å²) >= 11 is 0. The topological polar surface area (TPSA) is 116 Å². The van der Waals surface area contributed by atoms with E-state index >= 15 is 0 Å². The van der Waals surface area contributed by atoms with Gasteiger partial charge in [0.1, 0.15) is 5.82 Å². The van der Waals surface area contributed by atoms with E-state index in [0.717, 1.165) is 4.90 Å². The van der Waals surface area contributed by atoms with E-state index < -0.39 is 30.0 Å². The molecule has 1 fully saturated rings. The van der Waals surface area contributed by atoms with Crippen molar-refractivity contribution in [3.63, 3.8) is 0 Å². The van der Waals surface area contributed by atoms with Crippen LogP contribution in [0.5, 0.6) is 0 Å². The van der Waals surface area contributed by atoms with Crippen LogP contribution in [0.1, 0.15) is 10.4 Å². The number of carbonyl (C=O) groups excluding carboxylic acids is 1. The van der Waals surface area contributed by atoms with Crippen molar-refractivity contribution in [2.75, 3.05) is 13.1 Å². The first-order chi connectivity index (χ1) is 11.9. The van der Waals surface area contributed by atoms with Gasteiger partial charge < -0.3 is 20.4 Å². The largest absolute Gasteiger partial charge is 0.465 e. The zero-order chi connectivity index (χ0) is 18.0. The summed E-state index contributed by atoms with van der Waals surface area (Å²) in [7, 11) is 0. The maximum absolute atomic E-state index is 13.2. The number of carbonyl (C=O) groups is 2. The minimum atomic E-state index is -1.15. The highest BCUT2D eigenvalue weighted by Gasteiger charge is 2.35. The van der Waals surface area contributed by atoms with E-state index in [9.17, 15) is 19.1 Å². The van der Waals surface area contributed by atoms with Crippen molar-refractivity contribution in [2.45, 2.75) is 12.1 Å². The van der Waals surface area contributed by atoms with Crippen molar-refractivity contribution in [1.82, 2.24) is 20.2 Å². The number of amides is 2. The number of aliphatic hydroxyl groups excluding tert-OH is 1. The van der Waals surface area contributed by atoms with E-state index in [1.165, 1.54) is 30.6 Å². The molecule has 2 unspecified atom stereocenters. The minimum Gasteiger partial charge on any atom is -0.465 e. The molecule has 2 aromatic rings. The molecule has 25 heavy (non-hydrogen) atoms. The van der Waals surface area contributed by atoms with Crippen LogP contribution in [0.2, 0.25) is 0 Å². The fraction of sp³-hybridized carbons (Fsp3) is 0.250. The SMILES string of the molecule is O=C(NC1CN(C(=O)O)CC1O)c1cnc(-c2cccc(F)c2)nc1. The smallest absolute Gasteiger partial charge is 0.407 e. The number of aliphatic hydroxyl groups is 1. The summed E-state index contributed by atoms with van der Waals surface area (Å²) < 4.78 is 13.2. The van der Waals surface area contributed by atoms with Gasteiger partial charge in [-0.15, -0.1) is 0 Å². The lowest BCUT2D eigenvalue weighted by Gasteiger charge is -2.15. The summed E-state index contributed by atoms with van der Waals surface area (Å²) in [6.07, 6.45) is 0.448. The molecule has 1 aromatic carbocycles. The molecular weight excluding hydrogens is 331 g/mol. The predicted molar refractivity (Wildman–Crippen MR) is 84.3 cm³/mol. The third kappa shape index (κ3) is 3.72. The molecule has 3 rings (SSSR count). The lowest BCUT2D eigenvalue weighted by molar-refractivity contribution is 0.0887. The second-order valence-electron chi connectivity index (χ2n) is 5.64. The van der Waals surface area contributed by atoms with Crippen molar-refractivity contribution in [3.05, 3.63) is 48.0 Å². The Bertz CT molecular complexity index is 799. The first-order valence-corrected chi connectivity index (χ1v) is 7.49. The van der Waals surface area contributed by atoms with Crippen molar-refractivity contribution in [3.8, 4) is 11.4 Å². The Morgan fingerprint density at radius 3 is 2.56 bits per heavy atom. The van der Waals surface area contributed by atoms with Gasteiger partial charge in [-0.3, -0.25) is 4.79 Å². The van der Waals surface area contributed by atoms with Crippen LogP contribution >= 0.6 is 0 Å². The highest BCUT2D eigenvalue weighted by Crippen LogP contribution is 2.16. The first kappa shape index (κ1) is 16.8. The van der Waals surface area contributed by atoms with Crippen LogP contribution in [0, 0.1) is 5.82 Å². The average Bonchev–Trinajstić information content (AvgIpc) is 2.96. The standard InChI is InChI=1S/C16H15FN4O4/c17-11-3-1-2-9(4-11)14-18-5-10(6-19-14)15(23)20-12-7-21(16(24)25)8-13(12)22/h1-6,12-13,22H,7-8H2,(H,20,23)(H,24,25). The molecule has 0 saturated carbocycles. The van der Waals surface area contributed by atoms with Gasteiger partial charge in [0.15, 0.2) is 5.82 Å². The van der Waals surface area contributed by atoms with Crippen LogP contribution in [0.3, 0.4) is 0 Å². The molecular formula is C16H15FN4O4. The van der Waals surface area contributed by atoms with Crippen LogP contribution in [0.4, 0.5) is 9.18 Å². The zero-order valence-electron chi connectivity index (χ0n) is 13.0. The van der Waals surface area contributed by atoms with E-state index in [2.05, 4.69) is 15.3 Å². The molecule has 0 spiro atoms. The molecule has 0 aliphatic carbocycles. The fourth-order valence-electron chi connectivity index (χ4n) is 2.56. The zero-order valence-corrected chi connectivity index (χ0v) is 13.0. The molecule has 1 saturated heterocycles. The van der Waals surface area contributed by atoms with Crippen LogP contribution in [-0.2, 0) is 0 Å². The molecule has 1 aliphatic heterocycles. The molecule has 0 radical (unpaired) electrons. The third-order valence-electron chi connectivity index (χ3n) is 3.87. The monoisotopic (exact) mass is 346 g/mol. The molecule has 1 aromatic heterocycles. The van der Waals surface area contributed by atoms with Gasteiger partial charge in [-0.2, -0.15) is 0 Å². The van der Waals surface area contributed by atoms with E-state index in [1.807, 2.05) is 0 Å². The Kier molecular flexibility index (Phi) is 4.57. The number of likely N-dealkylation sites (tertiary alicyclic amines) is 1. The number of aromatic nitrogens is 2. The lowest BCUT2D eigenvalue weighted by Crippen LogP contribution is -2.43. The number of β-amino-alcohol motifs (C(OH)–C–C–N with tert-alkyl or cyclic N) is 1. The number of rotatable bonds is 3. The summed E-state index contributed by atoms with van der Waals surface area (Å²) in [6, 6.07) is 5.06. The third-order valence-corrected chi connectivity index (χ3v) is 3.87. The highest BCUT2D eigenvalue weighted by atomic mass is 19.1. The Morgan fingerprint density at radius 1 is 1.24 bits per heavy atom. The van der Waals surface area contributed by atoms with E-state index in [4.69, 9.17) is 5.11 Å². The summed E-state index contributed by atoms with van der Waals surface area (Å²) in [5.74, 6) is -0.669. The number of benzene rings is 1. The fourth-order valence-corrected chi connectivity index (χ4v) is 2.56. The molecule has 3 N–H and O–H groups in total. The van der Waals surface area contributed by atoms with E-state index in [0.29, 0.717) is 5.56 Å². The Balaban J connectivity index is 1.68. The van der Waals surface area contributed by atoms with Crippen molar-refractivity contribution >= 4 is 12.0 Å². The normalized spacial score (nSPS) is 19.7. The summed E-state index contributed by atoms with van der Waals surface area (Å²) in [6.45, 7) is -0.0558. The Labute approximate surface area is 141 Å². The Hall–Kier alpha value is -3.07. The van der Waals surface area contributed by atoms with Crippen LogP contribution in [0.25, 0.3) is 11.4 Å². The lowest BCUT2D eigenvalue weighted by atomic mass is 10.2. The van der Waals surface area contributed by atoms with E-state index in [-0.39, 0.29) is 24.5 Å². The summed E-state index contributed by atoms with van der Waals surface area (Å²) in [4.78, 5) is 32.2. The van der Waals surface area contributed by atoms with Crippen LogP contribution < -0.4 is 5.32 Å².